The number of nitrogens with one attached hydrogen (secondary N) is 1. The lowest BCUT2D eigenvalue weighted by molar-refractivity contribution is -0.00788. The van der Waals surface area contributed by atoms with Crippen LogP contribution in [-0.2, 0) is 22.7 Å². The van der Waals surface area contributed by atoms with E-state index in [9.17, 15) is 0 Å². The molecule has 2 aliphatic heterocycles. The number of fused-ring (bicyclic) bond motifs is 1. The molecule has 2 aliphatic rings. The van der Waals surface area contributed by atoms with Gasteiger partial charge in [0.1, 0.15) is 0 Å². The highest BCUT2D eigenvalue weighted by atomic mass is 16.5. The molecule has 3 rings (SSSR count). The van der Waals surface area contributed by atoms with Crippen LogP contribution in [0.25, 0.3) is 0 Å². The summed E-state index contributed by atoms with van der Waals surface area (Å²) < 4.78 is 11.5. The Labute approximate surface area is 115 Å². The topological polar surface area (TPSA) is 30.5 Å². The van der Waals surface area contributed by atoms with Crippen LogP contribution in [-0.4, -0.2) is 19.3 Å². The summed E-state index contributed by atoms with van der Waals surface area (Å²) in [4.78, 5) is 0. The number of hydrogen-bond donors (Lipinski definition) is 1. The van der Waals surface area contributed by atoms with Crippen LogP contribution in [0.1, 0.15) is 48.9 Å². The van der Waals surface area contributed by atoms with Crippen LogP contribution in [0.5, 0.6) is 0 Å². The Morgan fingerprint density at radius 1 is 1.26 bits per heavy atom. The molecule has 0 aromatic heterocycles. The average molecular weight is 261 g/mol. The standard InChI is InChI=1S/C16H23NO2/c1-2-17-16(15-5-3-4-8-19-15)12-6-7-13-10-18-11-14(13)9-12/h6-7,9,15-17H,2-5,8,10-11H2,1H3. The fourth-order valence-corrected chi connectivity index (χ4v) is 3.10. The molecule has 0 saturated carbocycles. The molecule has 1 fully saturated rings. The minimum absolute atomic E-state index is 0.314. The van der Waals surface area contributed by atoms with Crippen LogP contribution >= 0.6 is 0 Å². The molecular weight excluding hydrogens is 238 g/mol. The molecule has 0 radical (unpaired) electrons. The molecule has 3 heteroatoms. The highest BCUT2D eigenvalue weighted by Crippen LogP contribution is 2.29. The molecule has 0 amide bonds. The fraction of sp³-hybridized carbons (Fsp3) is 0.625. The molecule has 1 aromatic rings. The first-order valence-corrected chi connectivity index (χ1v) is 7.43. The maximum absolute atomic E-state index is 5.97. The van der Waals surface area contributed by atoms with Crippen molar-refractivity contribution in [1.82, 2.24) is 5.32 Å². The number of benzene rings is 1. The molecule has 1 N–H and O–H groups in total. The summed E-state index contributed by atoms with van der Waals surface area (Å²) in [7, 11) is 0. The molecule has 1 saturated heterocycles. The van der Waals surface area contributed by atoms with E-state index < -0.39 is 0 Å². The SMILES string of the molecule is CCNC(c1ccc2c(c1)COC2)C1CCCCO1. The first-order chi connectivity index (χ1) is 9.38. The largest absolute Gasteiger partial charge is 0.376 e. The maximum atomic E-state index is 5.97. The van der Waals surface area contributed by atoms with Gasteiger partial charge >= 0.3 is 0 Å². The summed E-state index contributed by atoms with van der Waals surface area (Å²) in [6.45, 7) is 5.56. The summed E-state index contributed by atoms with van der Waals surface area (Å²) >= 11 is 0. The summed E-state index contributed by atoms with van der Waals surface area (Å²) in [5.74, 6) is 0. The molecule has 2 atom stereocenters. The Balaban J connectivity index is 1.82. The number of ether oxygens (including phenoxy) is 2. The van der Waals surface area contributed by atoms with Crippen LogP contribution in [0.4, 0.5) is 0 Å². The Morgan fingerprint density at radius 3 is 2.95 bits per heavy atom. The molecule has 3 nitrogen and oxygen atoms in total. The van der Waals surface area contributed by atoms with Gasteiger partial charge in [0.15, 0.2) is 0 Å². The van der Waals surface area contributed by atoms with Crippen molar-refractivity contribution in [3.63, 3.8) is 0 Å². The van der Waals surface area contributed by atoms with Gasteiger partial charge in [-0.2, -0.15) is 0 Å². The Hall–Kier alpha value is -0.900. The quantitative estimate of drug-likeness (QED) is 0.904. The van der Waals surface area contributed by atoms with E-state index in [0.29, 0.717) is 12.1 Å². The first-order valence-electron chi connectivity index (χ1n) is 7.43. The van der Waals surface area contributed by atoms with Crippen molar-refractivity contribution in [2.24, 2.45) is 0 Å². The van der Waals surface area contributed by atoms with Crippen molar-refractivity contribution in [2.45, 2.75) is 51.5 Å². The van der Waals surface area contributed by atoms with E-state index >= 15 is 0 Å². The van der Waals surface area contributed by atoms with Gasteiger partial charge in [-0.1, -0.05) is 25.1 Å². The summed E-state index contributed by atoms with van der Waals surface area (Å²) in [5, 5.41) is 3.59. The lowest BCUT2D eigenvalue weighted by Gasteiger charge is -2.31. The van der Waals surface area contributed by atoms with Crippen LogP contribution in [0.3, 0.4) is 0 Å². The Bertz CT molecular complexity index is 427. The average Bonchev–Trinajstić information content (AvgIpc) is 2.93. The number of likely N-dealkylation sites (N-methyl/N-ethyl adjacent to an activating group) is 1. The van der Waals surface area contributed by atoms with E-state index in [0.717, 1.165) is 32.8 Å². The molecule has 2 heterocycles. The van der Waals surface area contributed by atoms with Gasteiger partial charge in [-0.15, -0.1) is 0 Å². The van der Waals surface area contributed by atoms with Crippen LogP contribution < -0.4 is 5.32 Å². The zero-order valence-electron chi connectivity index (χ0n) is 11.7. The Morgan fingerprint density at radius 2 is 2.16 bits per heavy atom. The maximum Gasteiger partial charge on any atom is 0.0769 e. The highest BCUT2D eigenvalue weighted by Gasteiger charge is 2.26. The zero-order chi connectivity index (χ0) is 13.1. The molecule has 0 aliphatic carbocycles. The highest BCUT2D eigenvalue weighted by molar-refractivity contribution is 5.35. The van der Waals surface area contributed by atoms with Crippen molar-refractivity contribution in [3.05, 3.63) is 34.9 Å². The van der Waals surface area contributed by atoms with Gasteiger partial charge < -0.3 is 14.8 Å². The summed E-state index contributed by atoms with van der Waals surface area (Å²) in [5.41, 5.74) is 4.03. The van der Waals surface area contributed by atoms with Gasteiger partial charge in [0.2, 0.25) is 0 Å². The molecule has 0 spiro atoms. The predicted molar refractivity (Wildman–Crippen MR) is 74.9 cm³/mol. The molecule has 19 heavy (non-hydrogen) atoms. The molecule has 1 aromatic carbocycles. The van der Waals surface area contributed by atoms with Gasteiger partial charge in [0.05, 0.1) is 25.4 Å². The minimum Gasteiger partial charge on any atom is -0.376 e. The van der Waals surface area contributed by atoms with Crippen LogP contribution in [0.15, 0.2) is 18.2 Å². The molecule has 0 bridgehead atoms. The van der Waals surface area contributed by atoms with Crippen molar-refractivity contribution >= 4 is 0 Å². The van der Waals surface area contributed by atoms with E-state index in [-0.39, 0.29) is 0 Å². The normalized spacial score (nSPS) is 24.2. The lowest BCUT2D eigenvalue weighted by atomic mass is 9.93. The van der Waals surface area contributed by atoms with Gasteiger partial charge in [0.25, 0.3) is 0 Å². The zero-order valence-corrected chi connectivity index (χ0v) is 11.7. The smallest absolute Gasteiger partial charge is 0.0769 e. The fourth-order valence-electron chi connectivity index (χ4n) is 3.10. The van der Waals surface area contributed by atoms with E-state index in [2.05, 4.69) is 30.4 Å². The van der Waals surface area contributed by atoms with Crippen LogP contribution in [0.2, 0.25) is 0 Å². The minimum atomic E-state index is 0.314. The van der Waals surface area contributed by atoms with E-state index in [1.807, 2.05) is 0 Å². The second-order valence-electron chi connectivity index (χ2n) is 5.46. The van der Waals surface area contributed by atoms with E-state index in [4.69, 9.17) is 9.47 Å². The molecule has 104 valence electrons. The van der Waals surface area contributed by atoms with Crippen LogP contribution in [0, 0.1) is 0 Å². The molecular formula is C16H23NO2. The number of hydrogen-bond acceptors (Lipinski definition) is 3. The third kappa shape index (κ3) is 2.83. The third-order valence-electron chi connectivity index (χ3n) is 4.12. The Kier molecular flexibility index (Phi) is 4.16. The van der Waals surface area contributed by atoms with E-state index in [1.54, 1.807) is 0 Å². The van der Waals surface area contributed by atoms with E-state index in [1.165, 1.54) is 29.5 Å². The van der Waals surface area contributed by atoms with Gasteiger partial charge in [0, 0.05) is 6.61 Å². The summed E-state index contributed by atoms with van der Waals surface area (Å²) in [6.07, 6.45) is 3.95. The number of rotatable bonds is 4. The summed E-state index contributed by atoms with van der Waals surface area (Å²) in [6, 6.07) is 7.06. The van der Waals surface area contributed by atoms with Gasteiger partial charge in [-0.05, 0) is 42.5 Å². The van der Waals surface area contributed by atoms with Gasteiger partial charge in [-0.25, -0.2) is 0 Å². The van der Waals surface area contributed by atoms with Gasteiger partial charge in [-0.3, -0.25) is 0 Å². The first kappa shape index (κ1) is 13.1. The predicted octanol–water partition coefficient (Wildman–Crippen LogP) is 2.94. The second kappa shape index (κ2) is 6.04. The molecule has 2 unspecified atom stereocenters. The van der Waals surface area contributed by atoms with Crippen molar-refractivity contribution in [2.75, 3.05) is 13.2 Å². The lowest BCUT2D eigenvalue weighted by Crippen LogP contribution is -2.36. The second-order valence-corrected chi connectivity index (χ2v) is 5.46. The monoisotopic (exact) mass is 261 g/mol. The third-order valence-corrected chi connectivity index (χ3v) is 4.12. The van der Waals surface area contributed by atoms with Crippen molar-refractivity contribution in [3.8, 4) is 0 Å². The van der Waals surface area contributed by atoms with Crippen molar-refractivity contribution < 1.29 is 9.47 Å². The van der Waals surface area contributed by atoms with Crippen molar-refractivity contribution in [1.29, 1.82) is 0 Å².